The lowest BCUT2D eigenvalue weighted by molar-refractivity contribution is -0.113. The minimum absolute atomic E-state index is 0.0115. The molecular weight excluding hydrogens is 298 g/mol. The van der Waals surface area contributed by atoms with Crippen LogP contribution in [0.2, 0.25) is 0 Å². The number of hydrogen-bond donors (Lipinski definition) is 2. The maximum absolute atomic E-state index is 12.4. The quantitative estimate of drug-likeness (QED) is 0.912. The fourth-order valence-corrected chi connectivity index (χ4v) is 3.13. The second-order valence-corrected chi connectivity index (χ2v) is 6.11. The molecule has 0 saturated heterocycles. The van der Waals surface area contributed by atoms with Gasteiger partial charge in [-0.25, -0.2) is 4.99 Å². The fourth-order valence-electron chi connectivity index (χ4n) is 3.13. The van der Waals surface area contributed by atoms with E-state index in [1.165, 1.54) is 5.56 Å². The van der Waals surface area contributed by atoms with Gasteiger partial charge < -0.3 is 11.1 Å². The molecule has 1 atom stereocenters. The van der Waals surface area contributed by atoms with Crippen molar-refractivity contribution in [3.05, 3.63) is 76.4 Å². The third kappa shape index (κ3) is 2.95. The molecule has 1 unspecified atom stereocenters. The molecule has 0 bridgehead atoms. The van der Waals surface area contributed by atoms with E-state index >= 15 is 0 Å². The number of guanidine groups is 1. The Balaban J connectivity index is 2.21. The van der Waals surface area contributed by atoms with Crippen LogP contribution in [0.5, 0.6) is 0 Å². The molecular formula is C20H21N3O. The number of Topliss-reactive ketones (excluding diaryl/α,β-unsaturated/α-hetero) is 1. The Hall–Kier alpha value is -2.88. The van der Waals surface area contributed by atoms with Gasteiger partial charge in [0.2, 0.25) is 0 Å². The van der Waals surface area contributed by atoms with Gasteiger partial charge in [0.25, 0.3) is 0 Å². The van der Waals surface area contributed by atoms with Crippen LogP contribution in [0.15, 0.2) is 59.1 Å². The van der Waals surface area contributed by atoms with Crippen LogP contribution in [0.3, 0.4) is 0 Å². The van der Waals surface area contributed by atoms with E-state index in [2.05, 4.69) is 16.4 Å². The van der Waals surface area contributed by atoms with Gasteiger partial charge >= 0.3 is 0 Å². The van der Waals surface area contributed by atoms with Crippen molar-refractivity contribution in [2.24, 2.45) is 10.7 Å². The molecule has 0 saturated carbocycles. The van der Waals surface area contributed by atoms with Gasteiger partial charge in [-0.2, -0.15) is 0 Å². The number of nitrogens with zero attached hydrogens (tertiary/aromatic N) is 1. The zero-order valence-corrected chi connectivity index (χ0v) is 14.1. The third-order valence-corrected chi connectivity index (χ3v) is 4.23. The Morgan fingerprint density at radius 2 is 1.83 bits per heavy atom. The lowest BCUT2D eigenvalue weighted by atomic mass is 9.88. The standard InChI is InChI=1S/C20H21N3O/c1-12-9-10-16(13(2)11-12)19-17(14(3)24)18(22-20(21)23-19)15-7-5-4-6-8-15/h4-11,19H,1-3H3,(H3,21,22,23). The largest absolute Gasteiger partial charge is 0.370 e. The molecule has 4 nitrogen and oxygen atoms in total. The number of nitrogens with one attached hydrogen (secondary N) is 1. The van der Waals surface area contributed by atoms with E-state index in [0.717, 1.165) is 22.4 Å². The highest BCUT2D eigenvalue weighted by atomic mass is 16.1. The summed E-state index contributed by atoms with van der Waals surface area (Å²) in [6, 6.07) is 15.5. The predicted molar refractivity (Wildman–Crippen MR) is 97.5 cm³/mol. The molecule has 122 valence electrons. The highest BCUT2D eigenvalue weighted by Crippen LogP contribution is 2.35. The van der Waals surface area contributed by atoms with Crippen LogP contribution in [-0.4, -0.2) is 11.7 Å². The van der Waals surface area contributed by atoms with Gasteiger partial charge in [-0.1, -0.05) is 54.1 Å². The summed E-state index contributed by atoms with van der Waals surface area (Å²) in [5.74, 6) is 0.311. The van der Waals surface area contributed by atoms with Gasteiger partial charge in [0.15, 0.2) is 11.7 Å². The molecule has 0 aromatic heterocycles. The molecule has 2 aromatic rings. The highest BCUT2D eigenvalue weighted by Gasteiger charge is 2.29. The summed E-state index contributed by atoms with van der Waals surface area (Å²) in [5, 5.41) is 3.08. The average Bonchev–Trinajstić information content (AvgIpc) is 2.54. The number of ketones is 1. The summed E-state index contributed by atoms with van der Waals surface area (Å²) in [6.45, 7) is 5.66. The number of carbonyl (C=O) groups is 1. The molecule has 0 radical (unpaired) electrons. The Kier molecular flexibility index (Phi) is 4.21. The van der Waals surface area contributed by atoms with Crippen LogP contribution in [0.1, 0.15) is 35.2 Å². The minimum Gasteiger partial charge on any atom is -0.370 e. The number of rotatable bonds is 3. The number of benzene rings is 2. The number of carbonyl (C=O) groups excluding carboxylic acids is 1. The summed E-state index contributed by atoms with van der Waals surface area (Å²) < 4.78 is 0. The van der Waals surface area contributed by atoms with Crippen molar-refractivity contribution in [2.75, 3.05) is 0 Å². The number of hydrogen-bond acceptors (Lipinski definition) is 4. The lowest BCUT2D eigenvalue weighted by Gasteiger charge is -2.27. The number of aryl methyl sites for hydroxylation is 2. The highest BCUT2D eigenvalue weighted by molar-refractivity contribution is 6.06. The third-order valence-electron chi connectivity index (χ3n) is 4.23. The van der Waals surface area contributed by atoms with E-state index in [1.54, 1.807) is 6.92 Å². The molecule has 3 rings (SSSR count). The van der Waals surface area contributed by atoms with Crippen LogP contribution in [-0.2, 0) is 4.79 Å². The first-order chi connectivity index (χ1) is 11.5. The number of nitrogens with two attached hydrogens (primary N) is 1. The normalized spacial score (nSPS) is 17.3. The van der Waals surface area contributed by atoms with Crippen molar-refractivity contribution in [2.45, 2.75) is 26.8 Å². The van der Waals surface area contributed by atoms with Crippen molar-refractivity contribution >= 4 is 17.4 Å². The fraction of sp³-hybridized carbons (Fsp3) is 0.200. The van der Waals surface area contributed by atoms with Gasteiger partial charge in [-0.05, 0) is 37.5 Å². The Morgan fingerprint density at radius 3 is 2.46 bits per heavy atom. The van der Waals surface area contributed by atoms with E-state index in [4.69, 9.17) is 5.73 Å². The lowest BCUT2D eigenvalue weighted by Crippen LogP contribution is -2.36. The Labute approximate surface area is 142 Å². The first-order valence-electron chi connectivity index (χ1n) is 7.95. The van der Waals surface area contributed by atoms with E-state index in [0.29, 0.717) is 11.5 Å². The van der Waals surface area contributed by atoms with Crippen molar-refractivity contribution < 1.29 is 4.79 Å². The monoisotopic (exact) mass is 319 g/mol. The smallest absolute Gasteiger partial charge is 0.194 e. The first kappa shape index (κ1) is 16.0. The molecule has 4 heteroatoms. The van der Waals surface area contributed by atoms with Gasteiger partial charge in [0, 0.05) is 5.57 Å². The van der Waals surface area contributed by atoms with E-state index < -0.39 is 0 Å². The molecule has 24 heavy (non-hydrogen) atoms. The summed E-state index contributed by atoms with van der Waals surface area (Å²) >= 11 is 0. The zero-order chi connectivity index (χ0) is 17.3. The SMILES string of the molecule is CC(=O)C1=C(c2ccccc2)NC(N)=NC1c1ccc(C)cc1C. The van der Waals surface area contributed by atoms with Crippen LogP contribution in [0.25, 0.3) is 5.70 Å². The molecule has 3 N–H and O–H groups in total. The maximum atomic E-state index is 12.4. The minimum atomic E-state index is -0.389. The van der Waals surface area contributed by atoms with Crippen molar-refractivity contribution in [1.29, 1.82) is 0 Å². The summed E-state index contributed by atoms with van der Waals surface area (Å²) in [6.07, 6.45) is 0. The molecule has 0 aliphatic carbocycles. The zero-order valence-electron chi connectivity index (χ0n) is 14.1. The van der Waals surface area contributed by atoms with Crippen LogP contribution < -0.4 is 11.1 Å². The molecule has 1 aliphatic rings. The Morgan fingerprint density at radius 1 is 1.12 bits per heavy atom. The average molecular weight is 319 g/mol. The second-order valence-electron chi connectivity index (χ2n) is 6.11. The van der Waals surface area contributed by atoms with Gasteiger partial charge in [-0.15, -0.1) is 0 Å². The van der Waals surface area contributed by atoms with Crippen LogP contribution >= 0.6 is 0 Å². The van der Waals surface area contributed by atoms with Crippen molar-refractivity contribution in [3.63, 3.8) is 0 Å². The molecule has 0 spiro atoms. The van der Waals surface area contributed by atoms with Gasteiger partial charge in [0.1, 0.15) is 6.04 Å². The van der Waals surface area contributed by atoms with E-state index in [-0.39, 0.29) is 11.8 Å². The van der Waals surface area contributed by atoms with E-state index in [1.807, 2.05) is 56.3 Å². The van der Waals surface area contributed by atoms with E-state index in [9.17, 15) is 4.79 Å². The Bertz CT molecular complexity index is 850. The molecule has 0 fully saturated rings. The molecule has 1 heterocycles. The van der Waals surface area contributed by atoms with Gasteiger partial charge in [-0.3, -0.25) is 4.79 Å². The van der Waals surface area contributed by atoms with Crippen LogP contribution in [0, 0.1) is 13.8 Å². The predicted octanol–water partition coefficient (Wildman–Crippen LogP) is 3.26. The summed E-state index contributed by atoms with van der Waals surface area (Å²) in [4.78, 5) is 17.0. The summed E-state index contributed by atoms with van der Waals surface area (Å²) in [7, 11) is 0. The van der Waals surface area contributed by atoms with Crippen LogP contribution in [0.4, 0.5) is 0 Å². The first-order valence-corrected chi connectivity index (χ1v) is 7.95. The van der Waals surface area contributed by atoms with Gasteiger partial charge in [0.05, 0.1) is 5.70 Å². The molecule has 0 amide bonds. The maximum Gasteiger partial charge on any atom is 0.194 e. The topological polar surface area (TPSA) is 67.5 Å². The summed E-state index contributed by atoms with van der Waals surface area (Å²) in [5.41, 5.74) is 11.6. The molecule has 1 aliphatic heterocycles. The number of aliphatic imine (C=N–C) groups is 1. The second kappa shape index (κ2) is 6.32. The van der Waals surface area contributed by atoms with Crippen molar-refractivity contribution in [1.82, 2.24) is 5.32 Å². The van der Waals surface area contributed by atoms with Crippen molar-refractivity contribution in [3.8, 4) is 0 Å². The molecule has 2 aromatic carbocycles.